The van der Waals surface area contributed by atoms with E-state index in [9.17, 15) is 14.2 Å². The molecule has 0 N–H and O–H groups in total. The highest BCUT2D eigenvalue weighted by atomic mass is 31.2. The van der Waals surface area contributed by atoms with Crippen LogP contribution in [-0.4, -0.2) is 30.9 Å². The summed E-state index contributed by atoms with van der Waals surface area (Å²) in [5.41, 5.74) is 0.869. The van der Waals surface area contributed by atoms with E-state index in [2.05, 4.69) is 0 Å². The number of fused-ring (bicyclic) bond motifs is 1. The summed E-state index contributed by atoms with van der Waals surface area (Å²) >= 11 is 0. The average molecular weight is 295 g/mol. The van der Waals surface area contributed by atoms with Crippen molar-refractivity contribution in [2.45, 2.75) is 6.92 Å². The molecule has 1 aliphatic rings. The minimum Gasteiger partial charge on any atom is -0.309 e. The first-order valence-corrected chi connectivity index (χ1v) is 7.43. The first-order chi connectivity index (χ1) is 9.43. The van der Waals surface area contributed by atoms with Gasteiger partial charge in [0.05, 0.1) is 11.1 Å². The number of carbonyl (C=O) groups is 2. The lowest BCUT2D eigenvalue weighted by Gasteiger charge is -2.16. The molecule has 1 aromatic rings. The van der Waals surface area contributed by atoms with E-state index in [-0.39, 0.29) is 5.70 Å². The third-order valence-electron chi connectivity index (χ3n) is 3.00. The zero-order valence-corrected chi connectivity index (χ0v) is 12.2. The van der Waals surface area contributed by atoms with Crippen LogP contribution in [0.3, 0.4) is 0 Å². The van der Waals surface area contributed by atoms with Crippen LogP contribution in [0.25, 0.3) is 0 Å². The van der Waals surface area contributed by atoms with Crippen molar-refractivity contribution in [1.82, 2.24) is 4.90 Å². The lowest BCUT2D eigenvalue weighted by molar-refractivity contribution is 0.0705. The second-order valence-corrected chi connectivity index (χ2v) is 6.23. The van der Waals surface area contributed by atoms with Crippen molar-refractivity contribution in [3.05, 3.63) is 46.9 Å². The number of amides is 2. The van der Waals surface area contributed by atoms with Crippen LogP contribution in [0.1, 0.15) is 27.6 Å². The summed E-state index contributed by atoms with van der Waals surface area (Å²) in [4.78, 5) is 25.4. The summed E-state index contributed by atoms with van der Waals surface area (Å²) in [6, 6.07) is 6.52. The van der Waals surface area contributed by atoms with Crippen LogP contribution in [0.5, 0.6) is 0 Å². The number of hydrogen-bond acceptors (Lipinski definition) is 5. The van der Waals surface area contributed by atoms with Crippen molar-refractivity contribution in [2.24, 2.45) is 0 Å². The minimum atomic E-state index is -3.45. The Balaban J connectivity index is 2.42. The van der Waals surface area contributed by atoms with Crippen molar-refractivity contribution in [1.29, 1.82) is 0 Å². The minimum absolute atomic E-state index is 0.211. The normalized spacial score (nSPS) is 15.8. The molecule has 0 saturated carbocycles. The van der Waals surface area contributed by atoms with Gasteiger partial charge in [0.2, 0.25) is 0 Å². The van der Waals surface area contributed by atoms with Crippen LogP contribution < -0.4 is 0 Å². The molecule has 2 rings (SSSR count). The molecule has 0 unspecified atom stereocenters. The Morgan fingerprint density at radius 2 is 1.55 bits per heavy atom. The molecule has 106 valence electrons. The van der Waals surface area contributed by atoms with Crippen LogP contribution in [0.2, 0.25) is 0 Å². The fourth-order valence-electron chi connectivity index (χ4n) is 1.98. The predicted octanol–water partition coefficient (Wildman–Crippen LogP) is 2.63. The monoisotopic (exact) mass is 295 g/mol. The molecule has 7 heteroatoms. The summed E-state index contributed by atoms with van der Waals surface area (Å²) in [5, 5.41) is 0. The van der Waals surface area contributed by atoms with Crippen LogP contribution in [0.15, 0.2) is 35.8 Å². The summed E-state index contributed by atoms with van der Waals surface area (Å²) in [5.74, 6) is 0.269. The van der Waals surface area contributed by atoms with Gasteiger partial charge >= 0.3 is 7.60 Å². The zero-order chi connectivity index (χ0) is 14.9. The SMILES string of the molecule is COP(=O)(/C=C(\C)N1C(=O)c2ccccc2C1=O)OC. The maximum atomic E-state index is 12.2. The molecule has 6 nitrogen and oxygen atoms in total. The highest BCUT2D eigenvalue weighted by Gasteiger charge is 2.37. The molecular weight excluding hydrogens is 281 g/mol. The highest BCUT2D eigenvalue weighted by Crippen LogP contribution is 2.49. The highest BCUT2D eigenvalue weighted by molar-refractivity contribution is 7.57. The molecule has 0 fully saturated rings. The van der Waals surface area contributed by atoms with Gasteiger partial charge in [0.25, 0.3) is 11.8 Å². The third kappa shape index (κ3) is 2.33. The van der Waals surface area contributed by atoms with Gasteiger partial charge < -0.3 is 9.05 Å². The number of allylic oxidation sites excluding steroid dienone is 1. The summed E-state index contributed by atoms with van der Waals surface area (Å²) in [7, 11) is -0.981. The Labute approximate surface area is 116 Å². The second kappa shape index (κ2) is 5.32. The Morgan fingerprint density at radius 1 is 1.10 bits per heavy atom. The smallest absolute Gasteiger partial charge is 0.309 e. The molecule has 0 aliphatic carbocycles. The van der Waals surface area contributed by atoms with Gasteiger partial charge in [-0.3, -0.25) is 14.2 Å². The van der Waals surface area contributed by atoms with Gasteiger partial charge in [-0.1, -0.05) is 12.1 Å². The van der Waals surface area contributed by atoms with Gasteiger partial charge in [-0.15, -0.1) is 0 Å². The van der Waals surface area contributed by atoms with E-state index >= 15 is 0 Å². The first-order valence-electron chi connectivity index (χ1n) is 5.82. The van der Waals surface area contributed by atoms with E-state index in [1.807, 2.05) is 0 Å². The van der Waals surface area contributed by atoms with Crippen molar-refractivity contribution in [3.63, 3.8) is 0 Å². The molecule has 1 heterocycles. The maximum Gasteiger partial charge on any atom is 0.355 e. The number of rotatable bonds is 4. The van der Waals surface area contributed by atoms with Crippen molar-refractivity contribution >= 4 is 19.4 Å². The van der Waals surface area contributed by atoms with E-state index in [0.29, 0.717) is 11.1 Å². The Hall–Kier alpha value is -1.75. The summed E-state index contributed by atoms with van der Waals surface area (Å²) < 4.78 is 21.6. The molecule has 0 radical (unpaired) electrons. The van der Waals surface area contributed by atoms with Crippen molar-refractivity contribution in [3.8, 4) is 0 Å². The topological polar surface area (TPSA) is 72.9 Å². The fourth-order valence-corrected chi connectivity index (χ4v) is 2.91. The van der Waals surface area contributed by atoms with Gasteiger partial charge in [-0.2, -0.15) is 0 Å². The van der Waals surface area contributed by atoms with Crippen molar-refractivity contribution < 1.29 is 23.2 Å². The fraction of sp³-hybridized carbons (Fsp3) is 0.231. The molecule has 0 aromatic heterocycles. The van der Waals surface area contributed by atoms with E-state index in [1.54, 1.807) is 24.3 Å². The Kier molecular flexibility index (Phi) is 3.90. The number of hydrogen-bond donors (Lipinski definition) is 0. The van der Waals surface area contributed by atoms with E-state index < -0.39 is 19.4 Å². The number of carbonyl (C=O) groups excluding carboxylic acids is 2. The average Bonchev–Trinajstić information content (AvgIpc) is 2.71. The third-order valence-corrected chi connectivity index (χ3v) is 4.71. The lowest BCUT2D eigenvalue weighted by atomic mass is 10.1. The standard InChI is InChI=1S/C13H14NO5P/c1-9(8-20(17,18-2)19-3)14-12(15)10-6-4-5-7-11(10)13(14)16/h4-8H,1-3H3/b9-8+. The van der Waals surface area contributed by atoms with Crippen LogP contribution in [-0.2, 0) is 13.6 Å². The van der Waals surface area contributed by atoms with Gasteiger partial charge in [-0.05, 0) is 19.1 Å². The van der Waals surface area contributed by atoms with Gasteiger partial charge in [0.15, 0.2) is 0 Å². The quantitative estimate of drug-likeness (QED) is 0.630. The largest absolute Gasteiger partial charge is 0.355 e. The molecule has 1 aliphatic heterocycles. The molecule has 20 heavy (non-hydrogen) atoms. The van der Waals surface area contributed by atoms with Crippen molar-refractivity contribution in [2.75, 3.05) is 14.2 Å². The molecule has 1 aromatic carbocycles. The van der Waals surface area contributed by atoms with Crippen LogP contribution >= 0.6 is 7.60 Å². The van der Waals surface area contributed by atoms with Crippen LogP contribution in [0.4, 0.5) is 0 Å². The predicted molar refractivity (Wildman–Crippen MR) is 72.3 cm³/mol. The molecule has 0 atom stereocenters. The zero-order valence-electron chi connectivity index (χ0n) is 11.3. The first kappa shape index (κ1) is 14.7. The molecule has 2 amide bonds. The van der Waals surface area contributed by atoms with Gasteiger partial charge in [0, 0.05) is 25.7 Å². The van der Waals surface area contributed by atoms with Crippen LogP contribution in [0, 0.1) is 0 Å². The summed E-state index contributed by atoms with van der Waals surface area (Å²) in [6.07, 6.45) is 0. The molecule has 0 spiro atoms. The second-order valence-electron chi connectivity index (χ2n) is 4.17. The Bertz CT molecular complexity index is 609. The molecule has 0 bridgehead atoms. The van der Waals surface area contributed by atoms with E-state index in [1.165, 1.54) is 21.1 Å². The molecular formula is C13H14NO5P. The lowest BCUT2D eigenvalue weighted by Crippen LogP contribution is -2.27. The van der Waals surface area contributed by atoms with Gasteiger partial charge in [-0.25, -0.2) is 4.90 Å². The number of benzene rings is 1. The maximum absolute atomic E-state index is 12.2. The molecule has 0 saturated heterocycles. The summed E-state index contributed by atoms with van der Waals surface area (Å²) in [6.45, 7) is 1.51. The van der Waals surface area contributed by atoms with E-state index in [0.717, 1.165) is 10.7 Å². The number of imide groups is 1. The Morgan fingerprint density at radius 3 is 1.95 bits per heavy atom. The number of nitrogens with zero attached hydrogens (tertiary/aromatic N) is 1. The van der Waals surface area contributed by atoms with Gasteiger partial charge in [0.1, 0.15) is 0 Å². The van der Waals surface area contributed by atoms with E-state index in [4.69, 9.17) is 9.05 Å².